The minimum Gasteiger partial charge on any atom is -0.356 e. The van der Waals surface area contributed by atoms with Crippen molar-refractivity contribution in [2.24, 2.45) is 0 Å². The number of hydrogen-bond acceptors (Lipinski definition) is 5. The van der Waals surface area contributed by atoms with Crippen LogP contribution in [0, 0.1) is 5.82 Å². The lowest BCUT2D eigenvalue weighted by Gasteiger charge is -2.27. The second-order valence-corrected chi connectivity index (χ2v) is 10.2. The maximum Gasteiger partial charge on any atom is 0.221 e. The molecule has 0 aliphatic rings. The van der Waals surface area contributed by atoms with Crippen LogP contribution in [0.3, 0.4) is 0 Å². The van der Waals surface area contributed by atoms with E-state index in [1.807, 2.05) is 12.1 Å². The third-order valence-corrected chi connectivity index (χ3v) is 7.63. The first-order valence-corrected chi connectivity index (χ1v) is 14.0. The molecule has 0 aliphatic carbocycles. The quantitative estimate of drug-likeness (QED) is 0.212. The standard InChI is InChI=1S/C31H35FN4OS/c1-3-23(2)36(31-34-29(35-38-31)22-24-14-16-27(32)17-15-24)21-19-30(37)33-20-18-28(25-10-6-4-7-11-25)26-12-8-5-9-13-26/h4-17,23,28H,3,18-22H2,1-2H3,(H,33,37). The Bertz CT molecular complexity index is 1220. The Morgan fingerprint density at radius 3 is 2.21 bits per heavy atom. The first-order valence-electron chi connectivity index (χ1n) is 13.2. The van der Waals surface area contributed by atoms with Crippen molar-refractivity contribution in [3.63, 3.8) is 0 Å². The summed E-state index contributed by atoms with van der Waals surface area (Å²) in [4.78, 5) is 19.7. The van der Waals surface area contributed by atoms with E-state index in [2.05, 4.69) is 77.0 Å². The second-order valence-electron chi connectivity index (χ2n) is 9.51. The van der Waals surface area contributed by atoms with Crippen LogP contribution in [-0.2, 0) is 11.2 Å². The molecule has 1 unspecified atom stereocenters. The van der Waals surface area contributed by atoms with Gasteiger partial charge in [-0.25, -0.2) is 9.37 Å². The molecule has 0 saturated carbocycles. The normalized spacial score (nSPS) is 11.9. The number of nitrogens with one attached hydrogen (secondary N) is 1. The van der Waals surface area contributed by atoms with Crippen molar-refractivity contribution in [2.45, 2.75) is 51.5 Å². The summed E-state index contributed by atoms with van der Waals surface area (Å²) in [5, 5.41) is 3.95. The Hall–Kier alpha value is -3.58. The smallest absolute Gasteiger partial charge is 0.221 e. The van der Waals surface area contributed by atoms with Crippen LogP contribution in [0.5, 0.6) is 0 Å². The van der Waals surface area contributed by atoms with E-state index >= 15 is 0 Å². The predicted octanol–water partition coefficient (Wildman–Crippen LogP) is 6.60. The molecule has 1 aromatic heterocycles. The molecule has 0 radical (unpaired) electrons. The summed E-state index contributed by atoms with van der Waals surface area (Å²) < 4.78 is 17.7. The molecule has 1 amide bonds. The van der Waals surface area contributed by atoms with Crippen molar-refractivity contribution in [1.82, 2.24) is 14.7 Å². The fourth-order valence-electron chi connectivity index (χ4n) is 4.51. The van der Waals surface area contributed by atoms with Crippen molar-refractivity contribution in [2.75, 3.05) is 18.0 Å². The molecule has 1 atom stereocenters. The highest BCUT2D eigenvalue weighted by molar-refractivity contribution is 7.09. The minimum atomic E-state index is -0.252. The summed E-state index contributed by atoms with van der Waals surface area (Å²) in [5.74, 6) is 0.726. The summed E-state index contributed by atoms with van der Waals surface area (Å²) in [6.07, 6.45) is 2.70. The predicted molar refractivity (Wildman–Crippen MR) is 153 cm³/mol. The van der Waals surface area contributed by atoms with Gasteiger partial charge in [0.1, 0.15) is 11.6 Å². The van der Waals surface area contributed by atoms with Crippen LogP contribution in [0.2, 0.25) is 0 Å². The second kappa shape index (κ2) is 13.8. The maximum atomic E-state index is 13.2. The monoisotopic (exact) mass is 530 g/mol. The van der Waals surface area contributed by atoms with E-state index in [-0.39, 0.29) is 23.7 Å². The number of anilines is 1. The lowest BCUT2D eigenvalue weighted by Crippen LogP contribution is -2.36. The fraction of sp³-hybridized carbons (Fsp3) is 0.323. The highest BCUT2D eigenvalue weighted by Crippen LogP contribution is 2.27. The summed E-state index contributed by atoms with van der Waals surface area (Å²) in [6, 6.07) is 27.5. The molecule has 0 fully saturated rings. The van der Waals surface area contributed by atoms with Crippen molar-refractivity contribution >= 4 is 22.6 Å². The van der Waals surface area contributed by atoms with Crippen LogP contribution in [0.25, 0.3) is 0 Å². The SMILES string of the molecule is CCC(C)N(CCC(=O)NCCC(c1ccccc1)c1ccccc1)c1nc(Cc2ccc(F)cc2)ns1. The van der Waals surface area contributed by atoms with Crippen molar-refractivity contribution in [3.8, 4) is 0 Å². The Labute approximate surface area is 228 Å². The van der Waals surface area contributed by atoms with Gasteiger partial charge in [0.05, 0.1) is 0 Å². The number of carbonyl (C=O) groups is 1. The minimum absolute atomic E-state index is 0.0363. The molecule has 1 heterocycles. The van der Waals surface area contributed by atoms with Gasteiger partial charge in [0.2, 0.25) is 11.0 Å². The Kier molecular flexibility index (Phi) is 9.98. The lowest BCUT2D eigenvalue weighted by molar-refractivity contribution is -0.120. The van der Waals surface area contributed by atoms with E-state index in [0.717, 1.165) is 23.5 Å². The molecule has 7 heteroatoms. The topological polar surface area (TPSA) is 58.1 Å². The Morgan fingerprint density at radius 1 is 0.974 bits per heavy atom. The van der Waals surface area contributed by atoms with Gasteiger partial charge < -0.3 is 10.2 Å². The highest BCUT2D eigenvalue weighted by Gasteiger charge is 2.20. The van der Waals surface area contributed by atoms with Crippen molar-refractivity contribution in [3.05, 3.63) is 113 Å². The number of amides is 1. The third-order valence-electron chi connectivity index (χ3n) is 6.84. The summed E-state index contributed by atoms with van der Waals surface area (Å²) >= 11 is 1.35. The summed E-state index contributed by atoms with van der Waals surface area (Å²) in [5.41, 5.74) is 3.47. The van der Waals surface area contributed by atoms with E-state index in [0.29, 0.717) is 31.8 Å². The lowest BCUT2D eigenvalue weighted by atomic mass is 9.88. The van der Waals surface area contributed by atoms with Gasteiger partial charge in [-0.2, -0.15) is 4.37 Å². The van der Waals surface area contributed by atoms with E-state index in [1.54, 1.807) is 12.1 Å². The van der Waals surface area contributed by atoms with Gasteiger partial charge in [-0.05, 0) is 48.6 Å². The molecular formula is C31H35FN4OS. The fourth-order valence-corrected chi connectivity index (χ4v) is 5.32. The maximum absolute atomic E-state index is 13.2. The Morgan fingerprint density at radius 2 is 1.61 bits per heavy atom. The molecular weight excluding hydrogens is 495 g/mol. The molecule has 1 N–H and O–H groups in total. The number of nitrogens with zero attached hydrogens (tertiary/aromatic N) is 3. The van der Waals surface area contributed by atoms with Gasteiger partial charge in [-0.15, -0.1) is 0 Å². The zero-order valence-corrected chi connectivity index (χ0v) is 22.8. The van der Waals surface area contributed by atoms with Crippen LogP contribution >= 0.6 is 11.5 Å². The number of aromatic nitrogens is 2. The van der Waals surface area contributed by atoms with E-state index in [4.69, 9.17) is 4.98 Å². The molecule has 198 valence electrons. The first kappa shape index (κ1) is 27.5. The average molecular weight is 531 g/mol. The number of hydrogen-bond donors (Lipinski definition) is 1. The molecule has 4 aromatic rings. The number of halogens is 1. The van der Waals surface area contributed by atoms with Gasteiger partial charge in [-0.1, -0.05) is 79.7 Å². The van der Waals surface area contributed by atoms with Gasteiger partial charge in [0, 0.05) is 49.4 Å². The van der Waals surface area contributed by atoms with Crippen LogP contribution in [0.1, 0.15) is 61.5 Å². The molecule has 0 spiro atoms. The van der Waals surface area contributed by atoms with Gasteiger partial charge in [0.15, 0.2) is 0 Å². The van der Waals surface area contributed by atoms with Gasteiger partial charge in [-0.3, -0.25) is 4.79 Å². The zero-order valence-electron chi connectivity index (χ0n) is 22.0. The first-order chi connectivity index (χ1) is 18.5. The molecule has 0 saturated heterocycles. The van der Waals surface area contributed by atoms with Crippen LogP contribution in [-0.4, -0.2) is 34.4 Å². The average Bonchev–Trinajstić information content (AvgIpc) is 3.41. The van der Waals surface area contributed by atoms with E-state index in [1.165, 1.54) is 34.8 Å². The van der Waals surface area contributed by atoms with Gasteiger partial charge in [0.25, 0.3) is 0 Å². The van der Waals surface area contributed by atoms with E-state index < -0.39 is 0 Å². The molecule has 0 bridgehead atoms. The molecule has 5 nitrogen and oxygen atoms in total. The largest absolute Gasteiger partial charge is 0.356 e. The summed E-state index contributed by atoms with van der Waals surface area (Å²) in [6.45, 7) is 5.46. The van der Waals surface area contributed by atoms with Crippen LogP contribution < -0.4 is 10.2 Å². The van der Waals surface area contributed by atoms with Crippen molar-refractivity contribution < 1.29 is 9.18 Å². The zero-order chi connectivity index (χ0) is 26.7. The Balaban J connectivity index is 1.32. The molecule has 3 aromatic carbocycles. The molecule has 4 rings (SSSR count). The van der Waals surface area contributed by atoms with Crippen LogP contribution in [0.4, 0.5) is 9.52 Å². The van der Waals surface area contributed by atoms with Crippen molar-refractivity contribution in [1.29, 1.82) is 0 Å². The van der Waals surface area contributed by atoms with Crippen LogP contribution in [0.15, 0.2) is 84.9 Å². The number of carbonyl (C=O) groups excluding carboxylic acids is 1. The third kappa shape index (κ3) is 7.71. The number of benzene rings is 3. The molecule has 38 heavy (non-hydrogen) atoms. The molecule has 0 aliphatic heterocycles. The summed E-state index contributed by atoms with van der Waals surface area (Å²) in [7, 11) is 0. The highest BCUT2D eigenvalue weighted by atomic mass is 32.1. The number of rotatable bonds is 13. The van der Waals surface area contributed by atoms with Gasteiger partial charge >= 0.3 is 0 Å². The van der Waals surface area contributed by atoms with E-state index in [9.17, 15) is 9.18 Å².